The van der Waals surface area contributed by atoms with E-state index in [2.05, 4.69) is 0 Å². The van der Waals surface area contributed by atoms with Gasteiger partial charge in [0.1, 0.15) is 0 Å². The summed E-state index contributed by atoms with van der Waals surface area (Å²) < 4.78 is 15.7. The lowest BCUT2D eigenvalue weighted by molar-refractivity contribution is -0.145. The SMILES string of the molecule is COc1cc(C(=O)N(C)CC(=O)N2CCCC(C(=O)O)C2)cc(OC)c1OC. The number of hydrogen-bond donors (Lipinski definition) is 1. The van der Waals surface area contributed by atoms with Crippen molar-refractivity contribution in [2.75, 3.05) is 48.0 Å². The highest BCUT2D eigenvalue weighted by atomic mass is 16.5. The summed E-state index contributed by atoms with van der Waals surface area (Å²) in [5, 5.41) is 9.16. The van der Waals surface area contributed by atoms with Crippen molar-refractivity contribution in [3.05, 3.63) is 17.7 Å². The van der Waals surface area contributed by atoms with Crippen molar-refractivity contribution in [2.24, 2.45) is 5.92 Å². The molecule has 1 fully saturated rings. The highest BCUT2D eigenvalue weighted by molar-refractivity contribution is 5.97. The number of ether oxygens (including phenoxy) is 3. The van der Waals surface area contributed by atoms with Gasteiger partial charge in [0, 0.05) is 25.7 Å². The van der Waals surface area contributed by atoms with Gasteiger partial charge in [-0.3, -0.25) is 14.4 Å². The third kappa shape index (κ3) is 4.65. The van der Waals surface area contributed by atoms with E-state index in [0.29, 0.717) is 36.6 Å². The van der Waals surface area contributed by atoms with Crippen LogP contribution in [0.25, 0.3) is 0 Å². The summed E-state index contributed by atoms with van der Waals surface area (Å²) in [6.45, 7) is 0.511. The number of carbonyl (C=O) groups excluding carboxylic acids is 2. The van der Waals surface area contributed by atoms with Gasteiger partial charge in [0.25, 0.3) is 5.91 Å². The molecule has 1 N–H and O–H groups in total. The zero-order chi connectivity index (χ0) is 20.8. The zero-order valence-electron chi connectivity index (χ0n) is 16.6. The van der Waals surface area contributed by atoms with Crippen LogP contribution in [0, 0.1) is 5.92 Å². The Morgan fingerprint density at radius 2 is 1.75 bits per heavy atom. The number of carbonyl (C=O) groups is 3. The first-order valence-electron chi connectivity index (χ1n) is 8.88. The van der Waals surface area contributed by atoms with Crippen LogP contribution in [0.15, 0.2) is 12.1 Å². The summed E-state index contributed by atoms with van der Waals surface area (Å²) in [6, 6.07) is 3.04. The summed E-state index contributed by atoms with van der Waals surface area (Å²) in [5.41, 5.74) is 0.284. The second-order valence-electron chi connectivity index (χ2n) is 6.59. The first-order chi connectivity index (χ1) is 13.3. The fourth-order valence-corrected chi connectivity index (χ4v) is 3.20. The number of aliphatic carboxylic acids is 1. The molecule has 2 rings (SSSR count). The molecule has 1 saturated heterocycles. The van der Waals surface area contributed by atoms with E-state index in [4.69, 9.17) is 19.3 Å². The van der Waals surface area contributed by atoms with Crippen LogP contribution in [-0.2, 0) is 9.59 Å². The molecule has 0 spiro atoms. The lowest BCUT2D eigenvalue weighted by Gasteiger charge is -2.32. The molecule has 0 aromatic heterocycles. The maximum absolute atomic E-state index is 12.8. The van der Waals surface area contributed by atoms with Crippen molar-refractivity contribution in [1.29, 1.82) is 0 Å². The zero-order valence-corrected chi connectivity index (χ0v) is 16.6. The quantitative estimate of drug-likeness (QED) is 0.738. The summed E-state index contributed by atoms with van der Waals surface area (Å²) in [5.74, 6) is -1.09. The molecule has 1 aliphatic rings. The lowest BCUT2D eigenvalue weighted by Crippen LogP contribution is -2.46. The maximum atomic E-state index is 12.8. The number of nitrogens with zero attached hydrogens (tertiary/aromatic N) is 2. The first-order valence-corrected chi connectivity index (χ1v) is 8.88. The van der Waals surface area contributed by atoms with Gasteiger partial charge in [0.05, 0.1) is 33.8 Å². The van der Waals surface area contributed by atoms with E-state index in [1.807, 2.05) is 0 Å². The Morgan fingerprint density at radius 1 is 1.14 bits per heavy atom. The molecule has 154 valence electrons. The van der Waals surface area contributed by atoms with Crippen LogP contribution in [0.4, 0.5) is 0 Å². The van der Waals surface area contributed by atoms with Crippen LogP contribution in [0.1, 0.15) is 23.2 Å². The van der Waals surface area contributed by atoms with E-state index in [1.54, 1.807) is 0 Å². The minimum atomic E-state index is -0.903. The number of amides is 2. The molecular weight excluding hydrogens is 368 g/mol. The number of methoxy groups -OCH3 is 3. The molecule has 1 aromatic rings. The highest BCUT2D eigenvalue weighted by Gasteiger charge is 2.29. The average molecular weight is 394 g/mol. The predicted octanol–water partition coefficient (Wildman–Crippen LogP) is 1.11. The number of hydrogen-bond acceptors (Lipinski definition) is 6. The normalized spacial score (nSPS) is 16.3. The van der Waals surface area contributed by atoms with Crippen LogP contribution in [0.3, 0.4) is 0 Å². The minimum absolute atomic E-state index is 0.151. The van der Waals surface area contributed by atoms with Gasteiger partial charge in [-0.05, 0) is 25.0 Å². The standard InChI is InChI=1S/C19H26N2O7/c1-20(11-16(22)21-7-5-6-12(10-21)19(24)25)18(23)13-8-14(26-2)17(28-4)15(9-13)27-3/h8-9,12H,5-7,10-11H2,1-4H3,(H,24,25). The molecule has 1 aromatic carbocycles. The van der Waals surface area contributed by atoms with E-state index in [-0.39, 0.29) is 30.5 Å². The summed E-state index contributed by atoms with van der Waals surface area (Å²) >= 11 is 0. The molecule has 9 nitrogen and oxygen atoms in total. The Bertz CT molecular complexity index is 725. The van der Waals surface area contributed by atoms with Crippen LogP contribution < -0.4 is 14.2 Å². The van der Waals surface area contributed by atoms with Gasteiger partial charge < -0.3 is 29.1 Å². The number of benzene rings is 1. The van der Waals surface area contributed by atoms with Crippen molar-refractivity contribution < 1.29 is 33.7 Å². The summed E-state index contributed by atoms with van der Waals surface area (Å²) in [6.07, 6.45) is 1.19. The molecule has 0 aliphatic carbocycles. The molecule has 1 heterocycles. The predicted molar refractivity (Wildman–Crippen MR) is 100.0 cm³/mol. The van der Waals surface area contributed by atoms with Gasteiger partial charge in [-0.25, -0.2) is 0 Å². The Kier molecular flexibility index (Phi) is 7.08. The number of likely N-dealkylation sites (tertiary alicyclic amines) is 1. The van der Waals surface area contributed by atoms with Gasteiger partial charge >= 0.3 is 5.97 Å². The van der Waals surface area contributed by atoms with E-state index < -0.39 is 11.9 Å². The fraction of sp³-hybridized carbons (Fsp3) is 0.526. The number of likely N-dealkylation sites (N-methyl/N-ethyl adjacent to an activating group) is 1. The molecule has 9 heteroatoms. The Hall–Kier alpha value is -2.97. The smallest absolute Gasteiger partial charge is 0.308 e. The van der Waals surface area contributed by atoms with Crippen molar-refractivity contribution in [1.82, 2.24) is 9.80 Å². The number of piperidine rings is 1. The molecule has 0 saturated carbocycles. The first kappa shape index (κ1) is 21.3. The third-order valence-corrected chi connectivity index (χ3v) is 4.75. The molecular formula is C19H26N2O7. The summed E-state index contributed by atoms with van der Waals surface area (Å²) in [7, 11) is 5.89. The lowest BCUT2D eigenvalue weighted by atomic mass is 9.98. The molecule has 0 bridgehead atoms. The minimum Gasteiger partial charge on any atom is -0.493 e. The molecule has 1 unspecified atom stereocenters. The van der Waals surface area contributed by atoms with Gasteiger partial charge in [-0.2, -0.15) is 0 Å². The molecule has 28 heavy (non-hydrogen) atoms. The summed E-state index contributed by atoms with van der Waals surface area (Å²) in [4.78, 5) is 39.3. The van der Waals surface area contributed by atoms with Crippen LogP contribution in [0.5, 0.6) is 17.2 Å². The number of carboxylic acid groups (broad SMARTS) is 1. The van der Waals surface area contributed by atoms with Gasteiger partial charge in [-0.15, -0.1) is 0 Å². The third-order valence-electron chi connectivity index (χ3n) is 4.75. The monoisotopic (exact) mass is 394 g/mol. The van der Waals surface area contributed by atoms with Gasteiger partial charge in [-0.1, -0.05) is 0 Å². The average Bonchev–Trinajstić information content (AvgIpc) is 2.71. The van der Waals surface area contributed by atoms with E-state index in [1.165, 1.54) is 50.3 Å². The molecule has 0 radical (unpaired) electrons. The van der Waals surface area contributed by atoms with Gasteiger partial charge in [0.15, 0.2) is 11.5 Å². The van der Waals surface area contributed by atoms with Crippen LogP contribution in [0.2, 0.25) is 0 Å². The van der Waals surface area contributed by atoms with E-state index in [0.717, 1.165) is 0 Å². The van der Waals surface area contributed by atoms with Crippen LogP contribution >= 0.6 is 0 Å². The van der Waals surface area contributed by atoms with Crippen molar-refractivity contribution in [3.63, 3.8) is 0 Å². The fourth-order valence-electron chi connectivity index (χ4n) is 3.20. The second kappa shape index (κ2) is 9.29. The Balaban J connectivity index is 2.12. The topological polar surface area (TPSA) is 106 Å². The van der Waals surface area contributed by atoms with E-state index >= 15 is 0 Å². The van der Waals surface area contributed by atoms with Crippen molar-refractivity contribution in [3.8, 4) is 17.2 Å². The maximum Gasteiger partial charge on any atom is 0.308 e. The van der Waals surface area contributed by atoms with Crippen LogP contribution in [-0.4, -0.2) is 80.7 Å². The molecule has 1 atom stereocenters. The number of carboxylic acids is 1. The van der Waals surface area contributed by atoms with E-state index in [9.17, 15) is 14.4 Å². The second-order valence-corrected chi connectivity index (χ2v) is 6.59. The largest absolute Gasteiger partial charge is 0.493 e. The number of rotatable bonds is 7. The van der Waals surface area contributed by atoms with Crippen molar-refractivity contribution in [2.45, 2.75) is 12.8 Å². The highest BCUT2D eigenvalue weighted by Crippen LogP contribution is 2.38. The molecule has 2 amide bonds. The molecule has 1 aliphatic heterocycles. The Labute approximate surface area is 163 Å². The Morgan fingerprint density at radius 3 is 2.25 bits per heavy atom. The van der Waals surface area contributed by atoms with Crippen molar-refractivity contribution >= 4 is 17.8 Å². The van der Waals surface area contributed by atoms with Gasteiger partial charge in [0.2, 0.25) is 11.7 Å².